The van der Waals surface area contributed by atoms with Crippen LogP contribution in [-0.2, 0) is 15.9 Å². The number of carbonyl (C=O) groups excluding carboxylic acids is 1. The maximum atomic E-state index is 13.5. The number of anilines is 1. The minimum atomic E-state index is -4.88. The lowest BCUT2D eigenvalue weighted by Crippen LogP contribution is -2.21. The molecular formula is C21H18ClF3N4O4S. The monoisotopic (exact) mass is 514 g/mol. The number of rotatable bonds is 6. The number of amides is 1. The molecule has 1 aromatic heterocycles. The van der Waals surface area contributed by atoms with Gasteiger partial charge in [0.15, 0.2) is 17.2 Å². The lowest BCUT2D eigenvalue weighted by atomic mass is 10.1. The molecule has 2 N–H and O–H groups in total. The van der Waals surface area contributed by atoms with Crippen molar-refractivity contribution in [3.05, 3.63) is 64.3 Å². The van der Waals surface area contributed by atoms with E-state index in [4.69, 9.17) is 25.9 Å². The second-order valence-corrected chi connectivity index (χ2v) is 9.67. The Morgan fingerprint density at radius 1 is 1.15 bits per heavy atom. The molecule has 0 radical (unpaired) electrons. The zero-order valence-corrected chi connectivity index (χ0v) is 19.6. The van der Waals surface area contributed by atoms with E-state index in [2.05, 4.69) is 15.5 Å². The highest BCUT2D eigenvalue weighted by Crippen LogP contribution is 2.38. The number of nitrogens with zero attached hydrogens (tertiary/aromatic N) is 2. The van der Waals surface area contributed by atoms with Gasteiger partial charge in [-0.2, -0.15) is 13.2 Å². The third kappa shape index (κ3) is 5.57. The van der Waals surface area contributed by atoms with Crippen LogP contribution in [0.3, 0.4) is 0 Å². The van der Waals surface area contributed by atoms with Crippen molar-refractivity contribution in [3.8, 4) is 17.4 Å². The Hall–Kier alpha value is -3.38. The van der Waals surface area contributed by atoms with Gasteiger partial charge in [-0.05, 0) is 42.8 Å². The lowest BCUT2D eigenvalue weighted by molar-refractivity contribution is -0.142. The van der Waals surface area contributed by atoms with Crippen molar-refractivity contribution in [2.45, 2.75) is 18.0 Å². The summed E-state index contributed by atoms with van der Waals surface area (Å²) in [7, 11) is -1.75. The Kier molecular flexibility index (Phi) is 7.03. The molecule has 1 atom stereocenters. The number of hydrogen-bond donors (Lipinski definition) is 2. The highest BCUT2D eigenvalue weighted by atomic mass is 35.5. The molecule has 0 saturated carbocycles. The van der Waals surface area contributed by atoms with Crippen molar-refractivity contribution in [2.24, 2.45) is 0 Å². The highest BCUT2D eigenvalue weighted by Gasteiger charge is 2.38. The average molecular weight is 515 g/mol. The van der Waals surface area contributed by atoms with Crippen LogP contribution in [0.2, 0.25) is 5.02 Å². The molecule has 8 nitrogen and oxygen atoms in total. The predicted octanol–water partition coefficient (Wildman–Crippen LogP) is 5.55. The van der Waals surface area contributed by atoms with Crippen molar-refractivity contribution >= 4 is 32.9 Å². The fraction of sp³-hybridized carbons (Fsp3) is 0.190. The van der Waals surface area contributed by atoms with E-state index in [9.17, 15) is 22.2 Å². The summed E-state index contributed by atoms with van der Waals surface area (Å²) in [4.78, 5) is 13.2. The molecule has 13 heteroatoms. The van der Waals surface area contributed by atoms with Crippen molar-refractivity contribution in [1.82, 2.24) is 10.2 Å². The van der Waals surface area contributed by atoms with E-state index in [1.807, 2.05) is 0 Å². The molecule has 0 spiro atoms. The van der Waals surface area contributed by atoms with Crippen molar-refractivity contribution < 1.29 is 31.6 Å². The van der Waals surface area contributed by atoms with Crippen LogP contribution in [0.4, 0.5) is 18.9 Å². The van der Waals surface area contributed by atoms with Crippen LogP contribution in [0.1, 0.15) is 21.6 Å². The summed E-state index contributed by atoms with van der Waals surface area (Å²) in [5.74, 6) is -1.31. The van der Waals surface area contributed by atoms with Crippen molar-refractivity contribution in [2.75, 3.05) is 18.7 Å². The summed E-state index contributed by atoms with van der Waals surface area (Å²) in [6, 6.07) is 9.93. The first-order chi connectivity index (χ1) is 15.8. The van der Waals surface area contributed by atoms with Gasteiger partial charge >= 0.3 is 6.18 Å². The maximum absolute atomic E-state index is 13.5. The smallest absolute Gasteiger partial charge is 0.435 e. The summed E-state index contributed by atoms with van der Waals surface area (Å²) in [6.45, 7) is 1.06. The molecule has 34 heavy (non-hydrogen) atoms. The first-order valence-electron chi connectivity index (χ1n) is 9.42. The number of carbonyl (C=O) groups is 1. The molecule has 180 valence electrons. The van der Waals surface area contributed by atoms with Gasteiger partial charge in [0.05, 0.1) is 16.8 Å². The molecule has 1 amide bonds. The predicted molar refractivity (Wildman–Crippen MR) is 119 cm³/mol. The number of methoxy groups -OCH3 is 1. The van der Waals surface area contributed by atoms with Gasteiger partial charge < -0.3 is 14.8 Å². The first-order valence-corrected chi connectivity index (χ1v) is 11.8. The normalized spacial score (nSPS) is 13.1. The van der Waals surface area contributed by atoms with Gasteiger partial charge in [-0.25, -0.2) is 8.99 Å². The number of hydrogen-bond acceptors (Lipinski definition) is 7. The Balaban J connectivity index is 2.10. The summed E-state index contributed by atoms with van der Waals surface area (Å²) in [5.41, 5.74) is -2.30. The Labute approximate surface area is 198 Å². The molecule has 0 bridgehead atoms. The maximum Gasteiger partial charge on any atom is 0.435 e. The van der Waals surface area contributed by atoms with Crippen LogP contribution in [0, 0.1) is 11.7 Å². The van der Waals surface area contributed by atoms with Crippen LogP contribution in [0.5, 0.6) is 17.4 Å². The zero-order valence-electron chi connectivity index (χ0n) is 18.0. The van der Waals surface area contributed by atoms with E-state index in [0.717, 1.165) is 6.92 Å². The minimum Gasteiger partial charge on any atom is -0.493 e. The number of nitrogens with one attached hydrogen (secondary N) is 2. The van der Waals surface area contributed by atoms with Crippen molar-refractivity contribution in [1.29, 1.82) is 4.78 Å². The number of alkyl halides is 3. The Bertz CT molecular complexity index is 1360. The summed E-state index contributed by atoms with van der Waals surface area (Å²) < 4.78 is 70.9. The molecule has 2 aromatic carbocycles. The molecule has 3 aromatic rings. The molecule has 1 heterocycles. The molecule has 0 aliphatic heterocycles. The third-order valence-corrected chi connectivity index (χ3v) is 5.94. The van der Waals surface area contributed by atoms with E-state index in [1.54, 1.807) is 0 Å². The molecule has 0 saturated heterocycles. The van der Waals surface area contributed by atoms with E-state index >= 15 is 0 Å². The molecule has 1 unspecified atom stereocenters. The van der Waals surface area contributed by atoms with Gasteiger partial charge in [-0.15, -0.1) is 10.2 Å². The minimum absolute atomic E-state index is 0.000524. The van der Waals surface area contributed by atoms with E-state index in [-0.39, 0.29) is 27.1 Å². The second kappa shape index (κ2) is 9.47. The van der Waals surface area contributed by atoms with Crippen LogP contribution >= 0.6 is 11.6 Å². The van der Waals surface area contributed by atoms with Gasteiger partial charge in [0.1, 0.15) is 5.56 Å². The summed E-state index contributed by atoms with van der Waals surface area (Å²) >= 11 is 5.98. The van der Waals surface area contributed by atoms with Gasteiger partial charge in [0.2, 0.25) is 0 Å². The topological polar surface area (TPSA) is 114 Å². The fourth-order valence-electron chi connectivity index (χ4n) is 2.95. The summed E-state index contributed by atoms with van der Waals surface area (Å²) in [5, 5.41) is 9.38. The van der Waals surface area contributed by atoms with Gasteiger partial charge in [0.25, 0.3) is 11.8 Å². The zero-order chi connectivity index (χ0) is 25.3. The molecule has 0 aliphatic carbocycles. The largest absolute Gasteiger partial charge is 0.493 e. The quantitative estimate of drug-likeness (QED) is 0.446. The molecular weight excluding hydrogens is 497 g/mol. The first kappa shape index (κ1) is 25.2. The third-order valence-electron chi connectivity index (χ3n) is 4.55. The van der Waals surface area contributed by atoms with Crippen LogP contribution in [0.25, 0.3) is 0 Å². The highest BCUT2D eigenvalue weighted by molar-refractivity contribution is 7.91. The van der Waals surface area contributed by atoms with E-state index in [1.165, 1.54) is 55.8 Å². The van der Waals surface area contributed by atoms with E-state index < -0.39 is 44.5 Å². The number of aromatic nitrogens is 2. The van der Waals surface area contributed by atoms with Crippen LogP contribution < -0.4 is 14.8 Å². The van der Waals surface area contributed by atoms with Gasteiger partial charge in [0, 0.05) is 27.9 Å². The SMILES string of the molecule is COc1ccc(Cl)cc1Oc1nnc(C(F)(F)F)c(C)c1C(=O)Nc1cccc(S(C)(=N)=O)c1. The Morgan fingerprint density at radius 2 is 1.85 bits per heavy atom. The molecule has 3 rings (SSSR count). The second-order valence-electron chi connectivity index (χ2n) is 7.07. The van der Waals surface area contributed by atoms with Gasteiger partial charge in [-0.3, -0.25) is 4.79 Å². The molecule has 0 aliphatic rings. The average Bonchev–Trinajstić information content (AvgIpc) is 2.72. The van der Waals surface area contributed by atoms with Gasteiger partial charge in [-0.1, -0.05) is 17.7 Å². The van der Waals surface area contributed by atoms with Crippen molar-refractivity contribution in [3.63, 3.8) is 0 Å². The number of halogens is 4. The standard InChI is InChI=1S/C21H18ClF3N4O4S/c1-11-17(19(30)27-13-5-4-6-14(10-13)34(3,26)31)20(29-28-18(11)21(23,24)25)33-16-9-12(22)7-8-15(16)32-2/h4-10,26H,1-3H3,(H,27,30). The number of benzene rings is 2. The van der Waals surface area contributed by atoms with Crippen LogP contribution in [-0.4, -0.2) is 33.7 Å². The van der Waals surface area contributed by atoms with E-state index in [0.29, 0.717) is 0 Å². The lowest BCUT2D eigenvalue weighted by Gasteiger charge is -2.17. The molecule has 0 fully saturated rings. The number of ether oxygens (including phenoxy) is 2. The Morgan fingerprint density at radius 3 is 2.47 bits per heavy atom. The summed E-state index contributed by atoms with van der Waals surface area (Å²) in [6.07, 6.45) is -3.68. The fourth-order valence-corrected chi connectivity index (χ4v) is 3.80. The van der Waals surface area contributed by atoms with Crippen LogP contribution in [0.15, 0.2) is 47.4 Å².